The van der Waals surface area contributed by atoms with Crippen LogP contribution in [-0.2, 0) is 10.3 Å². The molecule has 1 atom stereocenters. The summed E-state index contributed by atoms with van der Waals surface area (Å²) in [5.41, 5.74) is -0.305. The minimum atomic E-state index is -4.24. The Morgan fingerprint density at radius 3 is 2.69 bits per heavy atom. The molecule has 3 aromatic rings. The number of anilines is 1. The van der Waals surface area contributed by atoms with Crippen molar-refractivity contribution in [2.75, 3.05) is 24.7 Å². The molecule has 0 radical (unpaired) electrons. The Morgan fingerprint density at radius 2 is 2.03 bits per heavy atom. The summed E-state index contributed by atoms with van der Waals surface area (Å²) in [6.07, 6.45) is -1.13. The van der Waals surface area contributed by atoms with E-state index in [2.05, 4.69) is 20.2 Å². The van der Waals surface area contributed by atoms with E-state index in [0.717, 1.165) is 0 Å². The van der Waals surface area contributed by atoms with Crippen LogP contribution in [-0.4, -0.2) is 62.0 Å². The lowest BCUT2D eigenvalue weighted by Crippen LogP contribution is -2.44. The number of rotatable bonds is 3. The Balaban J connectivity index is 1.61. The summed E-state index contributed by atoms with van der Waals surface area (Å²) in [5.74, 6) is -0.198. The highest BCUT2D eigenvalue weighted by molar-refractivity contribution is 5.83. The number of morpholine rings is 1. The Hall–Kier alpha value is -2.66. The molecule has 0 aromatic carbocycles. The van der Waals surface area contributed by atoms with E-state index in [-0.39, 0.29) is 31.7 Å². The lowest BCUT2D eigenvalue weighted by molar-refractivity contribution is -0.193. The topological polar surface area (TPSA) is 92.1 Å². The molecule has 0 unspecified atom stereocenters. The van der Waals surface area contributed by atoms with Gasteiger partial charge in [-0.2, -0.15) is 28.1 Å². The van der Waals surface area contributed by atoms with Gasteiger partial charge in [0.15, 0.2) is 11.5 Å². The highest BCUT2D eigenvalue weighted by atomic mass is 19.4. The highest BCUT2D eigenvalue weighted by Crippen LogP contribution is 2.47. The molecule has 0 amide bonds. The number of halogens is 3. The molecule has 1 saturated carbocycles. The van der Waals surface area contributed by atoms with Crippen LogP contribution in [0.1, 0.15) is 38.2 Å². The molecule has 5 rings (SSSR count). The zero-order chi connectivity index (χ0) is 22.5. The Kier molecular flexibility index (Phi) is 5.12. The predicted octanol–water partition coefficient (Wildman–Crippen LogP) is 3.31. The molecule has 3 aromatic heterocycles. The Morgan fingerprint density at radius 1 is 1.25 bits per heavy atom. The molecule has 172 valence electrons. The number of ether oxygens (including phenoxy) is 1. The maximum atomic E-state index is 13.2. The van der Waals surface area contributed by atoms with Crippen LogP contribution in [0.2, 0.25) is 0 Å². The summed E-state index contributed by atoms with van der Waals surface area (Å²) in [4.78, 5) is 6.93. The van der Waals surface area contributed by atoms with Crippen LogP contribution < -0.4 is 4.90 Å². The number of alkyl halides is 3. The van der Waals surface area contributed by atoms with E-state index < -0.39 is 17.7 Å². The maximum Gasteiger partial charge on any atom is 0.391 e. The number of aromatic nitrogens is 5. The van der Waals surface area contributed by atoms with Crippen LogP contribution in [0.15, 0.2) is 24.5 Å². The van der Waals surface area contributed by atoms with Crippen molar-refractivity contribution in [2.45, 2.75) is 50.4 Å². The Bertz CT molecular complexity index is 1090. The van der Waals surface area contributed by atoms with Crippen LogP contribution in [0, 0.1) is 5.92 Å². The van der Waals surface area contributed by atoms with Gasteiger partial charge in [-0.25, -0.2) is 4.98 Å². The molecule has 32 heavy (non-hydrogen) atoms. The number of nitrogens with zero attached hydrogens (tertiary/aromatic N) is 5. The summed E-state index contributed by atoms with van der Waals surface area (Å²) in [6.45, 7) is 3.75. The van der Waals surface area contributed by atoms with Gasteiger partial charge < -0.3 is 14.7 Å². The number of pyridine rings is 1. The minimum Gasteiger partial charge on any atom is -0.385 e. The minimum absolute atomic E-state index is 0.0297. The van der Waals surface area contributed by atoms with Crippen LogP contribution in [0.3, 0.4) is 0 Å². The second kappa shape index (κ2) is 7.73. The molecule has 2 aliphatic rings. The lowest BCUT2D eigenvalue weighted by atomic mass is 9.74. The molecule has 1 aliphatic heterocycles. The van der Waals surface area contributed by atoms with Crippen LogP contribution in [0.25, 0.3) is 16.9 Å². The third-order valence-corrected chi connectivity index (χ3v) is 6.67. The average molecular weight is 450 g/mol. The van der Waals surface area contributed by atoms with Gasteiger partial charge in [-0.1, -0.05) is 0 Å². The monoisotopic (exact) mass is 450 g/mol. The number of fused-ring (bicyclic) bond motifs is 1. The van der Waals surface area contributed by atoms with Gasteiger partial charge >= 0.3 is 6.18 Å². The van der Waals surface area contributed by atoms with Gasteiger partial charge in [-0.05, 0) is 44.2 Å². The predicted molar refractivity (Wildman–Crippen MR) is 111 cm³/mol. The molecule has 8 nitrogen and oxygen atoms in total. The fraction of sp³-hybridized carbons (Fsp3) is 0.571. The van der Waals surface area contributed by atoms with Crippen molar-refractivity contribution in [1.29, 1.82) is 0 Å². The normalized spacial score (nSPS) is 27.2. The summed E-state index contributed by atoms with van der Waals surface area (Å²) >= 11 is 0. The van der Waals surface area contributed by atoms with Crippen molar-refractivity contribution in [1.82, 2.24) is 25.0 Å². The number of nitrogens with one attached hydrogen (secondary N) is 1. The fourth-order valence-corrected chi connectivity index (χ4v) is 4.82. The van der Waals surface area contributed by atoms with Gasteiger partial charge in [0.25, 0.3) is 0 Å². The smallest absolute Gasteiger partial charge is 0.385 e. The number of hydrogen-bond donors (Lipinski definition) is 2. The third kappa shape index (κ3) is 3.62. The first-order valence-electron chi connectivity index (χ1n) is 10.8. The van der Waals surface area contributed by atoms with Crippen molar-refractivity contribution in [2.24, 2.45) is 5.92 Å². The van der Waals surface area contributed by atoms with Crippen LogP contribution in [0.5, 0.6) is 0 Å². The molecule has 2 fully saturated rings. The summed E-state index contributed by atoms with van der Waals surface area (Å²) in [6, 6.07) is 3.63. The highest BCUT2D eigenvalue weighted by Gasteiger charge is 2.46. The second-order valence-electron chi connectivity index (χ2n) is 8.72. The van der Waals surface area contributed by atoms with Gasteiger partial charge in [0, 0.05) is 24.2 Å². The van der Waals surface area contributed by atoms with Crippen molar-refractivity contribution in [3.05, 3.63) is 30.1 Å². The number of aromatic amines is 1. The van der Waals surface area contributed by atoms with Crippen molar-refractivity contribution in [3.8, 4) is 5.82 Å². The van der Waals surface area contributed by atoms with E-state index in [1.807, 2.05) is 13.0 Å². The molecule has 2 N–H and O–H groups in total. The summed E-state index contributed by atoms with van der Waals surface area (Å²) in [5, 5.41) is 23.5. The van der Waals surface area contributed by atoms with Crippen molar-refractivity contribution in [3.63, 3.8) is 0 Å². The zero-order valence-corrected chi connectivity index (χ0v) is 17.6. The Labute approximate surface area is 182 Å². The average Bonchev–Trinajstić information content (AvgIpc) is 3.42. The number of H-pyrrole nitrogens is 1. The standard InChI is InChI=1S/C21H25F3N6O2/c1-13-12-32-9-8-29(13)18-10-16(20(31)5-2-14(3-6-20)21(22,23)24)15-11-26-30(19(15)27-18)17-4-7-25-28-17/h4,7,10-11,13-14,31H,2-3,5-6,8-9,12H2,1H3,(H,25,28)/t13-,14-,20-/m1/s1. The summed E-state index contributed by atoms with van der Waals surface area (Å²) < 4.78 is 46.8. The van der Waals surface area contributed by atoms with E-state index in [1.165, 1.54) is 0 Å². The molecule has 4 heterocycles. The molecular formula is C21H25F3N6O2. The van der Waals surface area contributed by atoms with E-state index in [4.69, 9.17) is 9.72 Å². The first kappa shape index (κ1) is 21.2. The summed E-state index contributed by atoms with van der Waals surface area (Å²) in [7, 11) is 0. The van der Waals surface area contributed by atoms with E-state index in [9.17, 15) is 18.3 Å². The lowest BCUT2D eigenvalue weighted by Gasteiger charge is -2.39. The number of aliphatic hydroxyl groups is 1. The molecule has 0 spiro atoms. The van der Waals surface area contributed by atoms with Gasteiger partial charge in [0.05, 0.1) is 37.0 Å². The third-order valence-electron chi connectivity index (χ3n) is 6.67. The molecule has 1 aliphatic carbocycles. The van der Waals surface area contributed by atoms with Gasteiger partial charge in [0.2, 0.25) is 0 Å². The second-order valence-corrected chi connectivity index (χ2v) is 8.72. The number of hydrogen-bond acceptors (Lipinski definition) is 6. The van der Waals surface area contributed by atoms with Gasteiger partial charge in [-0.3, -0.25) is 5.10 Å². The maximum absolute atomic E-state index is 13.2. The van der Waals surface area contributed by atoms with Gasteiger partial charge in [-0.15, -0.1) is 0 Å². The van der Waals surface area contributed by atoms with Crippen molar-refractivity contribution >= 4 is 16.9 Å². The quantitative estimate of drug-likeness (QED) is 0.636. The van der Waals surface area contributed by atoms with Crippen LogP contribution >= 0.6 is 0 Å². The van der Waals surface area contributed by atoms with Crippen LogP contribution in [0.4, 0.5) is 19.0 Å². The molecule has 1 saturated heterocycles. The molecule has 0 bridgehead atoms. The fourth-order valence-electron chi connectivity index (χ4n) is 4.82. The van der Waals surface area contributed by atoms with Crippen molar-refractivity contribution < 1.29 is 23.0 Å². The van der Waals surface area contributed by atoms with Gasteiger partial charge in [0.1, 0.15) is 5.82 Å². The van der Waals surface area contributed by atoms with E-state index in [0.29, 0.717) is 48.0 Å². The van der Waals surface area contributed by atoms with E-state index in [1.54, 1.807) is 23.1 Å². The SMILES string of the molecule is C[C@@H]1COCCN1c1cc([C@]2(O)CC[C@H](C(F)(F)F)CC2)c2cnn(-c3cc[nH]n3)c2n1. The zero-order valence-electron chi connectivity index (χ0n) is 17.6. The largest absolute Gasteiger partial charge is 0.391 e. The first-order chi connectivity index (χ1) is 15.3. The molecular weight excluding hydrogens is 425 g/mol. The first-order valence-corrected chi connectivity index (χ1v) is 10.8. The van der Waals surface area contributed by atoms with E-state index >= 15 is 0 Å². The molecule has 11 heteroatoms.